The average Bonchev–Trinajstić information content (AvgIpc) is 2.73. The molecule has 4 heterocycles. The number of aromatic nitrogens is 2. The number of carbonyl (C=O) groups is 1. The first kappa shape index (κ1) is 20.1. The van der Waals surface area contributed by atoms with Crippen molar-refractivity contribution in [1.29, 1.82) is 5.26 Å². The average molecular weight is 406 g/mol. The number of pyridine rings is 2. The highest BCUT2D eigenvalue weighted by Crippen LogP contribution is 2.42. The van der Waals surface area contributed by atoms with Crippen molar-refractivity contribution in [3.63, 3.8) is 0 Å². The zero-order valence-corrected chi connectivity index (χ0v) is 17.6. The summed E-state index contributed by atoms with van der Waals surface area (Å²) < 4.78 is 1.87. The largest absolute Gasteiger partial charge is 0.354 e. The van der Waals surface area contributed by atoms with Gasteiger partial charge in [0.1, 0.15) is 11.9 Å². The van der Waals surface area contributed by atoms with Gasteiger partial charge in [0.15, 0.2) is 0 Å². The zero-order valence-electron chi connectivity index (χ0n) is 17.6. The van der Waals surface area contributed by atoms with Crippen molar-refractivity contribution in [3.8, 4) is 6.07 Å². The van der Waals surface area contributed by atoms with Gasteiger partial charge in [-0.15, -0.1) is 0 Å². The standard InChI is InChI=1S/C23H27N5O2/c1-14(2)19-8-7-16(10-24)23(26-19)27-12-17-9-18(13-27)21(11-25-15(3)29)28-20(17)5-4-6-22(28)30/h4-8,14,17-18,21H,9,11-13H2,1-3H3,(H,25,29)/t17-,18+,21+/m1/s1. The first-order valence-electron chi connectivity index (χ1n) is 10.5. The number of fused-ring (bicyclic) bond motifs is 4. The number of piperidine rings is 1. The first-order chi connectivity index (χ1) is 14.4. The third-order valence-electron chi connectivity index (χ3n) is 6.27. The van der Waals surface area contributed by atoms with E-state index in [1.54, 1.807) is 12.1 Å². The number of nitrogens with one attached hydrogen (secondary N) is 1. The van der Waals surface area contributed by atoms with Gasteiger partial charge in [-0.3, -0.25) is 9.59 Å². The van der Waals surface area contributed by atoms with Crippen LogP contribution in [0, 0.1) is 17.2 Å². The Morgan fingerprint density at radius 3 is 2.80 bits per heavy atom. The predicted octanol–water partition coefficient (Wildman–Crippen LogP) is 2.54. The molecule has 1 saturated heterocycles. The van der Waals surface area contributed by atoms with Crippen LogP contribution in [0.3, 0.4) is 0 Å². The van der Waals surface area contributed by atoms with Crippen LogP contribution in [0.2, 0.25) is 0 Å². The Morgan fingerprint density at radius 2 is 2.10 bits per heavy atom. The molecule has 2 aromatic rings. The first-order valence-corrected chi connectivity index (χ1v) is 10.5. The normalized spacial score (nSPS) is 22.4. The SMILES string of the molecule is CC(=O)NC[C@H]1[C@H]2C[C@H](CN(c3nc(C(C)C)ccc3C#N)C2)c2cccc(=O)n21. The van der Waals surface area contributed by atoms with Crippen molar-refractivity contribution < 1.29 is 4.79 Å². The monoisotopic (exact) mass is 405 g/mol. The van der Waals surface area contributed by atoms with Crippen molar-refractivity contribution in [2.75, 3.05) is 24.5 Å². The van der Waals surface area contributed by atoms with Crippen LogP contribution in [0.25, 0.3) is 0 Å². The molecule has 4 rings (SSSR count). The number of rotatable bonds is 4. The lowest BCUT2D eigenvalue weighted by atomic mass is 9.78. The molecule has 3 atom stereocenters. The maximum atomic E-state index is 12.7. The van der Waals surface area contributed by atoms with Gasteiger partial charge in [-0.2, -0.15) is 5.26 Å². The van der Waals surface area contributed by atoms with E-state index < -0.39 is 0 Å². The van der Waals surface area contributed by atoms with Crippen LogP contribution in [0.15, 0.2) is 35.1 Å². The van der Waals surface area contributed by atoms with Gasteiger partial charge in [0.05, 0.1) is 11.6 Å². The Kier molecular flexibility index (Phi) is 5.33. The minimum absolute atomic E-state index is 0.0244. The van der Waals surface area contributed by atoms with Crippen molar-refractivity contribution >= 4 is 11.7 Å². The highest BCUT2D eigenvalue weighted by Gasteiger charge is 2.41. The molecule has 0 aliphatic carbocycles. The van der Waals surface area contributed by atoms with E-state index in [2.05, 4.69) is 30.1 Å². The minimum atomic E-state index is -0.115. The Hall–Kier alpha value is -3.14. The van der Waals surface area contributed by atoms with E-state index in [1.165, 1.54) is 6.92 Å². The van der Waals surface area contributed by atoms with E-state index in [-0.39, 0.29) is 35.3 Å². The lowest BCUT2D eigenvalue weighted by Gasteiger charge is -2.47. The van der Waals surface area contributed by atoms with E-state index >= 15 is 0 Å². The van der Waals surface area contributed by atoms with Crippen molar-refractivity contribution in [1.82, 2.24) is 14.9 Å². The van der Waals surface area contributed by atoms with E-state index in [4.69, 9.17) is 4.98 Å². The van der Waals surface area contributed by atoms with Crippen LogP contribution in [-0.2, 0) is 4.79 Å². The molecule has 2 bridgehead atoms. The number of anilines is 1. The van der Waals surface area contributed by atoms with Crippen molar-refractivity contribution in [2.45, 2.75) is 45.1 Å². The third kappa shape index (κ3) is 3.58. The summed E-state index contributed by atoms with van der Waals surface area (Å²) in [5.41, 5.74) is 2.51. The summed E-state index contributed by atoms with van der Waals surface area (Å²) in [4.78, 5) is 31.3. The van der Waals surface area contributed by atoms with Crippen LogP contribution in [-0.4, -0.2) is 35.1 Å². The molecule has 7 nitrogen and oxygen atoms in total. The molecule has 1 fully saturated rings. The maximum absolute atomic E-state index is 12.7. The predicted molar refractivity (Wildman–Crippen MR) is 115 cm³/mol. The van der Waals surface area contributed by atoms with Crippen LogP contribution in [0.1, 0.15) is 62.0 Å². The summed E-state index contributed by atoms with van der Waals surface area (Å²) in [5.74, 6) is 1.26. The number of nitriles is 1. The van der Waals surface area contributed by atoms with E-state index in [9.17, 15) is 14.9 Å². The molecule has 156 valence electrons. The van der Waals surface area contributed by atoms with Crippen LogP contribution < -0.4 is 15.8 Å². The Labute approximate surface area is 176 Å². The molecule has 0 aromatic carbocycles. The number of nitrogens with zero attached hydrogens (tertiary/aromatic N) is 4. The molecule has 0 spiro atoms. The second kappa shape index (κ2) is 7.94. The Morgan fingerprint density at radius 1 is 1.30 bits per heavy atom. The minimum Gasteiger partial charge on any atom is -0.354 e. The lowest BCUT2D eigenvalue weighted by Crippen LogP contribution is -2.52. The topological polar surface area (TPSA) is 91.0 Å². The quantitative estimate of drug-likeness (QED) is 0.844. The summed E-state index contributed by atoms with van der Waals surface area (Å²) in [6, 6.07) is 11.4. The van der Waals surface area contributed by atoms with Gasteiger partial charge < -0.3 is 14.8 Å². The fraction of sp³-hybridized carbons (Fsp3) is 0.478. The van der Waals surface area contributed by atoms with Gasteiger partial charge in [-0.25, -0.2) is 4.98 Å². The molecule has 0 unspecified atom stereocenters. The zero-order chi connectivity index (χ0) is 21.4. The number of hydrogen-bond donors (Lipinski definition) is 1. The summed E-state index contributed by atoms with van der Waals surface area (Å²) in [6.07, 6.45) is 0.954. The van der Waals surface area contributed by atoms with Gasteiger partial charge in [-0.05, 0) is 36.5 Å². The summed E-state index contributed by atoms with van der Waals surface area (Å²) >= 11 is 0. The molecule has 7 heteroatoms. The fourth-order valence-corrected chi connectivity index (χ4v) is 4.84. The molecule has 30 heavy (non-hydrogen) atoms. The molecule has 2 aromatic heterocycles. The lowest BCUT2D eigenvalue weighted by molar-refractivity contribution is -0.119. The van der Waals surface area contributed by atoms with Gasteiger partial charge in [0.25, 0.3) is 5.56 Å². The summed E-state index contributed by atoms with van der Waals surface area (Å²) in [7, 11) is 0. The fourth-order valence-electron chi connectivity index (χ4n) is 4.84. The smallest absolute Gasteiger partial charge is 0.251 e. The van der Waals surface area contributed by atoms with E-state index in [0.29, 0.717) is 18.7 Å². The van der Waals surface area contributed by atoms with Gasteiger partial charge in [0, 0.05) is 49.9 Å². The molecule has 0 saturated carbocycles. The number of amides is 1. The maximum Gasteiger partial charge on any atom is 0.251 e. The highest BCUT2D eigenvalue weighted by molar-refractivity contribution is 5.72. The molecular weight excluding hydrogens is 378 g/mol. The van der Waals surface area contributed by atoms with Crippen LogP contribution in [0.4, 0.5) is 5.82 Å². The van der Waals surface area contributed by atoms with Gasteiger partial charge >= 0.3 is 0 Å². The molecular formula is C23H27N5O2. The van der Waals surface area contributed by atoms with Gasteiger partial charge in [-0.1, -0.05) is 19.9 Å². The summed E-state index contributed by atoms with van der Waals surface area (Å²) in [5, 5.41) is 12.6. The third-order valence-corrected chi connectivity index (χ3v) is 6.27. The Balaban J connectivity index is 1.75. The molecule has 0 radical (unpaired) electrons. The van der Waals surface area contributed by atoms with Crippen LogP contribution >= 0.6 is 0 Å². The molecule has 1 N–H and O–H groups in total. The number of hydrogen-bond acceptors (Lipinski definition) is 5. The van der Waals surface area contributed by atoms with E-state index in [1.807, 2.05) is 22.8 Å². The van der Waals surface area contributed by atoms with Gasteiger partial charge in [0.2, 0.25) is 5.91 Å². The van der Waals surface area contributed by atoms with Crippen molar-refractivity contribution in [2.24, 2.45) is 5.92 Å². The van der Waals surface area contributed by atoms with E-state index in [0.717, 1.165) is 30.2 Å². The Bertz CT molecular complexity index is 1070. The summed E-state index contributed by atoms with van der Waals surface area (Å²) in [6.45, 7) is 7.52. The van der Waals surface area contributed by atoms with Crippen LogP contribution in [0.5, 0.6) is 0 Å². The number of carbonyl (C=O) groups excluding carboxylic acids is 1. The van der Waals surface area contributed by atoms with Crippen molar-refractivity contribution in [3.05, 3.63) is 57.6 Å². The molecule has 2 aliphatic heterocycles. The molecule has 1 amide bonds. The second-order valence-electron chi connectivity index (χ2n) is 8.63. The second-order valence-corrected chi connectivity index (χ2v) is 8.63. The highest BCUT2D eigenvalue weighted by atomic mass is 16.1. The molecule has 2 aliphatic rings.